The summed E-state index contributed by atoms with van der Waals surface area (Å²) < 4.78 is 6.55. The summed E-state index contributed by atoms with van der Waals surface area (Å²) >= 11 is 0. The molecule has 0 saturated carbocycles. The van der Waals surface area contributed by atoms with Gasteiger partial charge >= 0.3 is 0 Å². The molecule has 0 amide bonds. The molecular weight excluding hydrogens is 763 g/mol. The fourth-order valence-corrected chi connectivity index (χ4v) is 11.5. The molecule has 11 aromatic carbocycles. The van der Waals surface area contributed by atoms with Crippen molar-refractivity contribution in [3.8, 4) is 33.4 Å². The van der Waals surface area contributed by atoms with Gasteiger partial charge in [-0.25, -0.2) is 0 Å². The smallest absolute Gasteiger partial charge is 0.137 e. The Morgan fingerprint density at radius 3 is 1.67 bits per heavy atom. The van der Waals surface area contributed by atoms with Gasteiger partial charge in [-0.05, 0) is 119 Å². The van der Waals surface area contributed by atoms with E-state index in [1.807, 2.05) is 6.07 Å². The second kappa shape index (κ2) is 12.9. The zero-order chi connectivity index (χ0) is 41.2. The first-order chi connectivity index (χ1) is 31.3. The van der Waals surface area contributed by atoms with E-state index in [9.17, 15) is 0 Å². The van der Waals surface area contributed by atoms with Crippen molar-refractivity contribution in [2.75, 3.05) is 4.90 Å². The standard InChI is InChI=1S/C61H37NO/c1-2-15-39(16-3-1)43-32-33-49-44-18-6-9-23-52(44)61(54-25-12-21-48(43)59(49)54)53-24-10-7-19-45(53)50-34-35-56(51-22-13-26-55(61)60(50)51)62(41-29-28-38-14-4-5-17-40(38)36-41)42-30-31-47-46-20-8-11-27-57(46)63-58(47)37-42/h1-37H. The van der Waals surface area contributed by atoms with Crippen LogP contribution >= 0.6 is 0 Å². The van der Waals surface area contributed by atoms with E-state index in [-0.39, 0.29) is 0 Å². The van der Waals surface area contributed by atoms with Crippen molar-refractivity contribution in [3.63, 3.8) is 0 Å². The highest BCUT2D eigenvalue weighted by Crippen LogP contribution is 2.62. The molecule has 0 N–H and O–H groups in total. The molecule has 1 unspecified atom stereocenters. The first kappa shape index (κ1) is 34.5. The van der Waals surface area contributed by atoms with Gasteiger partial charge in [0.1, 0.15) is 11.2 Å². The molecule has 0 fully saturated rings. The number of furan rings is 1. The van der Waals surface area contributed by atoms with Crippen molar-refractivity contribution >= 4 is 71.3 Å². The van der Waals surface area contributed by atoms with Crippen LogP contribution in [0.2, 0.25) is 0 Å². The molecule has 0 bridgehead atoms. The summed E-state index contributed by atoms with van der Waals surface area (Å²) in [6, 6.07) is 83.1. The lowest BCUT2D eigenvalue weighted by Gasteiger charge is -2.46. The molecule has 1 aromatic heterocycles. The van der Waals surface area contributed by atoms with Crippen molar-refractivity contribution in [1.29, 1.82) is 0 Å². The fraction of sp³-hybridized carbons (Fsp3) is 0.0164. The number of hydrogen-bond donors (Lipinski definition) is 0. The number of rotatable bonds is 4. The Bertz CT molecular complexity index is 3880. The molecule has 12 aromatic rings. The van der Waals surface area contributed by atoms with E-state index < -0.39 is 5.41 Å². The second-order valence-electron chi connectivity index (χ2n) is 17.1. The molecule has 0 aliphatic heterocycles. The zero-order valence-electron chi connectivity index (χ0n) is 34.2. The predicted molar refractivity (Wildman–Crippen MR) is 263 cm³/mol. The molecule has 1 heterocycles. The van der Waals surface area contributed by atoms with Crippen LogP contribution in [0.15, 0.2) is 229 Å². The van der Waals surface area contributed by atoms with Gasteiger partial charge in [0.2, 0.25) is 0 Å². The lowest BCUT2D eigenvalue weighted by Crippen LogP contribution is -2.36. The van der Waals surface area contributed by atoms with E-state index in [1.54, 1.807) is 0 Å². The maximum absolute atomic E-state index is 6.55. The van der Waals surface area contributed by atoms with Crippen LogP contribution in [0.4, 0.5) is 17.1 Å². The number of fused-ring (bicyclic) bond motifs is 12. The third-order valence-corrected chi connectivity index (χ3v) is 14.0. The van der Waals surface area contributed by atoms with Crippen LogP contribution in [0.5, 0.6) is 0 Å². The summed E-state index contributed by atoms with van der Waals surface area (Å²) in [6.45, 7) is 0. The van der Waals surface area contributed by atoms with E-state index in [0.717, 1.165) is 39.0 Å². The van der Waals surface area contributed by atoms with Crippen molar-refractivity contribution in [3.05, 3.63) is 247 Å². The summed E-state index contributed by atoms with van der Waals surface area (Å²) in [5, 5.41) is 9.72. The van der Waals surface area contributed by atoms with Crippen LogP contribution in [-0.2, 0) is 5.41 Å². The number of hydrogen-bond acceptors (Lipinski definition) is 2. The van der Waals surface area contributed by atoms with Gasteiger partial charge in [-0.3, -0.25) is 0 Å². The summed E-state index contributed by atoms with van der Waals surface area (Å²) in [7, 11) is 0. The van der Waals surface area contributed by atoms with Crippen molar-refractivity contribution in [1.82, 2.24) is 0 Å². The Kier molecular flexibility index (Phi) is 7.07. The highest BCUT2D eigenvalue weighted by Gasteiger charge is 2.48. The SMILES string of the molecule is c1ccc(-c2ccc3c4c(cccc24)C2(c4ccccc4-3)c3ccccc3-c3ccc(N(c4ccc5ccccc5c4)c4ccc5c(c4)oc4ccccc45)c4cccc2c34)cc1. The molecule has 63 heavy (non-hydrogen) atoms. The number of para-hydroxylation sites is 1. The highest BCUT2D eigenvalue weighted by atomic mass is 16.3. The molecule has 1 spiro atoms. The minimum atomic E-state index is -0.596. The van der Waals surface area contributed by atoms with E-state index >= 15 is 0 Å². The van der Waals surface area contributed by atoms with Gasteiger partial charge in [0.25, 0.3) is 0 Å². The fourth-order valence-electron chi connectivity index (χ4n) is 11.5. The zero-order valence-corrected chi connectivity index (χ0v) is 34.2. The van der Waals surface area contributed by atoms with Crippen LogP contribution in [0.25, 0.3) is 87.6 Å². The van der Waals surface area contributed by atoms with Crippen LogP contribution in [-0.4, -0.2) is 0 Å². The quantitative estimate of drug-likeness (QED) is 0.176. The lowest BCUT2D eigenvalue weighted by atomic mass is 9.55. The van der Waals surface area contributed by atoms with Gasteiger partial charge in [0, 0.05) is 33.6 Å². The second-order valence-corrected chi connectivity index (χ2v) is 17.1. The molecular formula is C61H37NO. The third kappa shape index (κ3) is 4.67. The minimum Gasteiger partial charge on any atom is -0.456 e. The first-order valence-electron chi connectivity index (χ1n) is 21.8. The van der Waals surface area contributed by atoms with Crippen LogP contribution in [0.3, 0.4) is 0 Å². The van der Waals surface area contributed by atoms with Crippen molar-refractivity contribution in [2.24, 2.45) is 0 Å². The predicted octanol–water partition coefficient (Wildman–Crippen LogP) is 16.5. The van der Waals surface area contributed by atoms with E-state index in [0.29, 0.717) is 0 Å². The maximum Gasteiger partial charge on any atom is 0.137 e. The Morgan fingerprint density at radius 2 is 0.873 bits per heavy atom. The average molecular weight is 800 g/mol. The van der Waals surface area contributed by atoms with E-state index in [1.165, 1.54) is 88.0 Å². The molecule has 2 heteroatoms. The van der Waals surface area contributed by atoms with Crippen LogP contribution < -0.4 is 4.90 Å². The molecule has 292 valence electrons. The van der Waals surface area contributed by atoms with Gasteiger partial charge < -0.3 is 9.32 Å². The summed E-state index contributed by atoms with van der Waals surface area (Å²) in [5.41, 5.74) is 17.2. The summed E-state index contributed by atoms with van der Waals surface area (Å²) in [5.74, 6) is 0. The van der Waals surface area contributed by atoms with Crippen molar-refractivity contribution in [2.45, 2.75) is 5.41 Å². The van der Waals surface area contributed by atoms with Gasteiger partial charge in [0.05, 0.1) is 11.1 Å². The van der Waals surface area contributed by atoms with Gasteiger partial charge in [-0.15, -0.1) is 0 Å². The number of nitrogens with zero attached hydrogens (tertiary/aromatic N) is 1. The number of anilines is 3. The third-order valence-electron chi connectivity index (χ3n) is 14.0. The molecule has 0 saturated heterocycles. The molecule has 1 atom stereocenters. The van der Waals surface area contributed by atoms with Crippen LogP contribution in [0, 0.1) is 0 Å². The Balaban J connectivity index is 1.10. The normalized spacial score (nSPS) is 14.7. The van der Waals surface area contributed by atoms with E-state index in [4.69, 9.17) is 4.42 Å². The van der Waals surface area contributed by atoms with E-state index in [2.05, 4.69) is 223 Å². The monoisotopic (exact) mass is 799 g/mol. The molecule has 2 aliphatic carbocycles. The lowest BCUT2D eigenvalue weighted by molar-refractivity contribution is 0.669. The topological polar surface area (TPSA) is 16.4 Å². The molecule has 2 nitrogen and oxygen atoms in total. The minimum absolute atomic E-state index is 0.596. The summed E-state index contributed by atoms with van der Waals surface area (Å²) in [6.07, 6.45) is 0. The first-order valence-corrected chi connectivity index (χ1v) is 21.8. The Morgan fingerprint density at radius 1 is 0.317 bits per heavy atom. The molecule has 14 rings (SSSR count). The highest BCUT2D eigenvalue weighted by molar-refractivity contribution is 6.16. The van der Waals surface area contributed by atoms with Crippen LogP contribution in [0.1, 0.15) is 22.3 Å². The summed E-state index contributed by atoms with van der Waals surface area (Å²) in [4.78, 5) is 2.44. The van der Waals surface area contributed by atoms with Gasteiger partial charge in [-0.2, -0.15) is 0 Å². The van der Waals surface area contributed by atoms with Gasteiger partial charge in [0.15, 0.2) is 0 Å². The Hall–Kier alpha value is -8.20. The largest absolute Gasteiger partial charge is 0.456 e. The van der Waals surface area contributed by atoms with Crippen molar-refractivity contribution < 1.29 is 4.42 Å². The maximum atomic E-state index is 6.55. The van der Waals surface area contributed by atoms with Gasteiger partial charge in [-0.1, -0.05) is 182 Å². The molecule has 2 aliphatic rings. The molecule has 0 radical (unpaired) electrons. The number of benzene rings is 11. The Labute approximate surface area is 364 Å². The average Bonchev–Trinajstić information content (AvgIpc) is 3.73.